The molecular weight excluding hydrogens is 186 g/mol. The molecule has 2 rings (SSSR count). The molecule has 0 aliphatic heterocycles. The van der Waals surface area contributed by atoms with Gasteiger partial charge in [-0.2, -0.15) is 0 Å². The number of nitrogen functional groups attached to an aromatic ring is 1. The molecule has 15 heavy (non-hydrogen) atoms. The van der Waals surface area contributed by atoms with E-state index in [9.17, 15) is 5.11 Å². The lowest BCUT2D eigenvalue weighted by atomic mass is 9.85. The molecule has 82 valence electrons. The number of hydrogen-bond donors (Lipinski definition) is 2. The van der Waals surface area contributed by atoms with E-state index in [0.717, 1.165) is 11.3 Å². The van der Waals surface area contributed by atoms with E-state index in [-0.39, 0.29) is 12.5 Å². The molecule has 2 nitrogen and oxygen atoms in total. The molecule has 1 unspecified atom stereocenters. The van der Waals surface area contributed by atoms with Gasteiger partial charge in [-0.15, -0.1) is 0 Å². The van der Waals surface area contributed by atoms with E-state index in [1.54, 1.807) is 0 Å². The SMILES string of the molecule is Nc1ccccc1C(CO)C1CCCC1. The fourth-order valence-corrected chi connectivity index (χ4v) is 2.71. The van der Waals surface area contributed by atoms with Crippen molar-refractivity contribution >= 4 is 5.69 Å². The van der Waals surface area contributed by atoms with Crippen molar-refractivity contribution in [3.8, 4) is 0 Å². The van der Waals surface area contributed by atoms with Crippen LogP contribution < -0.4 is 5.73 Å². The molecule has 1 aliphatic rings. The summed E-state index contributed by atoms with van der Waals surface area (Å²) in [6.45, 7) is 0.221. The van der Waals surface area contributed by atoms with Gasteiger partial charge in [0, 0.05) is 11.6 Å². The molecule has 1 fully saturated rings. The first-order valence-electron chi connectivity index (χ1n) is 5.78. The van der Waals surface area contributed by atoms with Crippen molar-refractivity contribution in [1.82, 2.24) is 0 Å². The third-order valence-corrected chi connectivity index (χ3v) is 3.56. The number of para-hydroxylation sites is 1. The normalized spacial score (nSPS) is 19.3. The molecule has 0 aromatic heterocycles. The fourth-order valence-electron chi connectivity index (χ4n) is 2.71. The standard InChI is InChI=1S/C13H19NO/c14-13-8-4-3-7-11(13)12(9-15)10-5-1-2-6-10/h3-4,7-8,10,12,15H,1-2,5-6,9,14H2. The van der Waals surface area contributed by atoms with Crippen LogP contribution in [0.15, 0.2) is 24.3 Å². The van der Waals surface area contributed by atoms with Crippen molar-refractivity contribution < 1.29 is 5.11 Å². The van der Waals surface area contributed by atoms with Crippen molar-refractivity contribution in [2.75, 3.05) is 12.3 Å². The van der Waals surface area contributed by atoms with E-state index < -0.39 is 0 Å². The van der Waals surface area contributed by atoms with Gasteiger partial charge in [0.25, 0.3) is 0 Å². The number of aliphatic hydroxyl groups excluding tert-OH is 1. The molecule has 0 heterocycles. The van der Waals surface area contributed by atoms with Crippen LogP contribution in [0.5, 0.6) is 0 Å². The number of hydrogen-bond acceptors (Lipinski definition) is 2. The maximum atomic E-state index is 9.51. The minimum Gasteiger partial charge on any atom is -0.398 e. The zero-order valence-electron chi connectivity index (χ0n) is 9.02. The molecule has 1 saturated carbocycles. The maximum absolute atomic E-state index is 9.51. The van der Waals surface area contributed by atoms with Gasteiger partial charge in [-0.3, -0.25) is 0 Å². The Labute approximate surface area is 91.1 Å². The first-order chi connectivity index (χ1) is 7.33. The average Bonchev–Trinajstić information content (AvgIpc) is 2.75. The van der Waals surface area contributed by atoms with E-state index in [1.807, 2.05) is 18.2 Å². The van der Waals surface area contributed by atoms with E-state index >= 15 is 0 Å². The summed E-state index contributed by atoms with van der Waals surface area (Å²) in [5.74, 6) is 0.869. The highest BCUT2D eigenvalue weighted by molar-refractivity contribution is 5.48. The summed E-state index contributed by atoms with van der Waals surface area (Å²) in [6.07, 6.45) is 5.07. The summed E-state index contributed by atoms with van der Waals surface area (Å²) >= 11 is 0. The highest BCUT2D eigenvalue weighted by atomic mass is 16.3. The maximum Gasteiger partial charge on any atom is 0.0503 e. The van der Waals surface area contributed by atoms with Crippen LogP contribution >= 0.6 is 0 Å². The fraction of sp³-hybridized carbons (Fsp3) is 0.538. The van der Waals surface area contributed by atoms with Gasteiger partial charge in [-0.25, -0.2) is 0 Å². The topological polar surface area (TPSA) is 46.2 Å². The second kappa shape index (κ2) is 4.67. The Bertz CT molecular complexity index is 318. The summed E-state index contributed by atoms with van der Waals surface area (Å²) in [4.78, 5) is 0. The number of nitrogens with two attached hydrogens (primary N) is 1. The lowest BCUT2D eigenvalue weighted by Gasteiger charge is -2.22. The Morgan fingerprint density at radius 3 is 2.53 bits per heavy atom. The molecule has 1 aromatic carbocycles. The smallest absolute Gasteiger partial charge is 0.0503 e. The third kappa shape index (κ3) is 2.15. The van der Waals surface area contributed by atoms with E-state index in [4.69, 9.17) is 5.73 Å². The molecule has 0 radical (unpaired) electrons. The number of rotatable bonds is 3. The highest BCUT2D eigenvalue weighted by Crippen LogP contribution is 2.38. The Morgan fingerprint density at radius 1 is 1.27 bits per heavy atom. The molecule has 0 spiro atoms. The first kappa shape index (κ1) is 10.5. The first-order valence-corrected chi connectivity index (χ1v) is 5.78. The van der Waals surface area contributed by atoms with E-state index in [0.29, 0.717) is 5.92 Å². The van der Waals surface area contributed by atoms with Crippen molar-refractivity contribution in [1.29, 1.82) is 0 Å². The quantitative estimate of drug-likeness (QED) is 0.745. The minimum absolute atomic E-state index is 0.221. The van der Waals surface area contributed by atoms with Crippen molar-refractivity contribution in [3.63, 3.8) is 0 Å². The molecule has 1 atom stereocenters. The summed E-state index contributed by atoms with van der Waals surface area (Å²) in [6, 6.07) is 7.92. The van der Waals surface area contributed by atoms with E-state index in [2.05, 4.69) is 6.07 Å². The molecule has 0 amide bonds. The van der Waals surface area contributed by atoms with Crippen molar-refractivity contribution in [2.24, 2.45) is 5.92 Å². The monoisotopic (exact) mass is 205 g/mol. The van der Waals surface area contributed by atoms with Gasteiger partial charge < -0.3 is 10.8 Å². The molecule has 1 aliphatic carbocycles. The van der Waals surface area contributed by atoms with Crippen LogP contribution in [0.3, 0.4) is 0 Å². The molecule has 3 N–H and O–H groups in total. The minimum atomic E-state index is 0.221. The zero-order chi connectivity index (χ0) is 10.7. The Morgan fingerprint density at radius 2 is 1.93 bits per heavy atom. The average molecular weight is 205 g/mol. The molecule has 0 bridgehead atoms. The van der Waals surface area contributed by atoms with Crippen LogP contribution in [0.2, 0.25) is 0 Å². The van der Waals surface area contributed by atoms with Gasteiger partial charge in [-0.1, -0.05) is 31.0 Å². The second-order valence-electron chi connectivity index (χ2n) is 4.46. The van der Waals surface area contributed by atoms with Gasteiger partial charge in [0.1, 0.15) is 0 Å². The highest BCUT2D eigenvalue weighted by Gasteiger charge is 2.26. The van der Waals surface area contributed by atoms with Crippen LogP contribution in [0.4, 0.5) is 5.69 Å². The van der Waals surface area contributed by atoms with Gasteiger partial charge in [0.15, 0.2) is 0 Å². The van der Waals surface area contributed by atoms with Crippen LogP contribution in [-0.2, 0) is 0 Å². The predicted octanol–water partition coefficient (Wildman–Crippen LogP) is 2.53. The predicted molar refractivity (Wildman–Crippen MR) is 62.6 cm³/mol. The summed E-state index contributed by atoms with van der Waals surface area (Å²) in [5, 5.41) is 9.51. The van der Waals surface area contributed by atoms with Crippen LogP contribution in [0.25, 0.3) is 0 Å². The number of benzene rings is 1. The Hall–Kier alpha value is -1.02. The van der Waals surface area contributed by atoms with Crippen LogP contribution in [-0.4, -0.2) is 11.7 Å². The summed E-state index contributed by atoms with van der Waals surface area (Å²) in [7, 11) is 0. The van der Waals surface area contributed by atoms with Crippen LogP contribution in [0, 0.1) is 5.92 Å². The number of anilines is 1. The van der Waals surface area contributed by atoms with Crippen LogP contribution in [0.1, 0.15) is 37.2 Å². The van der Waals surface area contributed by atoms with E-state index in [1.165, 1.54) is 25.7 Å². The molecular formula is C13H19NO. The summed E-state index contributed by atoms with van der Waals surface area (Å²) in [5.41, 5.74) is 7.91. The lowest BCUT2D eigenvalue weighted by Crippen LogP contribution is -2.15. The lowest BCUT2D eigenvalue weighted by molar-refractivity contribution is 0.226. The van der Waals surface area contributed by atoms with Gasteiger partial charge >= 0.3 is 0 Å². The zero-order valence-corrected chi connectivity index (χ0v) is 9.02. The van der Waals surface area contributed by atoms with Gasteiger partial charge in [0.05, 0.1) is 6.61 Å². The Balaban J connectivity index is 2.22. The molecule has 1 aromatic rings. The Kier molecular flexibility index (Phi) is 3.27. The largest absolute Gasteiger partial charge is 0.398 e. The number of aliphatic hydroxyl groups is 1. The van der Waals surface area contributed by atoms with Crippen molar-refractivity contribution in [2.45, 2.75) is 31.6 Å². The van der Waals surface area contributed by atoms with Gasteiger partial charge in [-0.05, 0) is 30.4 Å². The van der Waals surface area contributed by atoms with Gasteiger partial charge in [0.2, 0.25) is 0 Å². The third-order valence-electron chi connectivity index (χ3n) is 3.56. The van der Waals surface area contributed by atoms with Crippen molar-refractivity contribution in [3.05, 3.63) is 29.8 Å². The second-order valence-corrected chi connectivity index (χ2v) is 4.46. The molecule has 0 saturated heterocycles. The molecule has 2 heteroatoms. The summed E-state index contributed by atoms with van der Waals surface area (Å²) < 4.78 is 0.